The molecule has 2 unspecified atom stereocenters. The van der Waals surface area contributed by atoms with Crippen molar-refractivity contribution in [1.82, 2.24) is 4.90 Å². The normalized spacial score (nSPS) is 15.2. The number of nitrogens with one attached hydrogen (secondary N) is 1. The minimum Gasteiger partial charge on any atom is -0.493 e. The molecule has 1 aliphatic rings. The van der Waals surface area contributed by atoms with Gasteiger partial charge in [-0.05, 0) is 81.3 Å². The molecule has 2 aromatic carbocycles. The zero-order valence-corrected chi connectivity index (χ0v) is 30.6. The summed E-state index contributed by atoms with van der Waals surface area (Å²) in [6, 6.07) is 10.9. The molecule has 0 aliphatic carbocycles. The van der Waals surface area contributed by atoms with Gasteiger partial charge in [0.1, 0.15) is 25.4 Å². The van der Waals surface area contributed by atoms with E-state index < -0.39 is 65.6 Å². The average molecular weight is 737 g/mol. The van der Waals surface area contributed by atoms with Crippen LogP contribution in [0.15, 0.2) is 67.8 Å². The second-order valence-electron chi connectivity index (χ2n) is 13.0. The Morgan fingerprint density at radius 3 is 2.42 bits per heavy atom. The smallest absolute Gasteiger partial charge is 0.335 e. The van der Waals surface area contributed by atoms with Crippen LogP contribution in [-0.4, -0.2) is 91.6 Å². The maximum atomic E-state index is 13.9. The molecule has 14 heteroatoms. The highest BCUT2D eigenvalue weighted by Crippen LogP contribution is 2.32. The van der Waals surface area contributed by atoms with E-state index in [-0.39, 0.29) is 32.6 Å². The Bertz CT molecular complexity index is 1670. The van der Waals surface area contributed by atoms with E-state index in [0.717, 1.165) is 11.6 Å². The minimum absolute atomic E-state index is 0.114. The average Bonchev–Trinajstić information content (AvgIpc) is 3.16. The number of likely N-dealkylation sites (tertiary alicyclic amines) is 1. The fourth-order valence-electron chi connectivity index (χ4n) is 5.59. The Morgan fingerprint density at radius 1 is 1.00 bits per heavy atom. The molecule has 3 rings (SSSR count). The Balaban J connectivity index is 1.86. The number of aryl methyl sites for hydroxylation is 1. The topological polar surface area (TPSA) is 184 Å². The number of piperidine rings is 1. The van der Waals surface area contributed by atoms with E-state index in [9.17, 15) is 33.9 Å². The van der Waals surface area contributed by atoms with Crippen molar-refractivity contribution in [2.75, 3.05) is 39.3 Å². The number of amides is 2. The lowest BCUT2D eigenvalue weighted by molar-refractivity contribution is -0.165. The molecule has 3 atom stereocenters. The lowest BCUT2D eigenvalue weighted by atomic mass is 9.87. The fraction of sp³-hybridized carbons (Fsp3) is 0.436. The third kappa shape index (κ3) is 12.0. The third-order valence-electron chi connectivity index (χ3n) is 8.52. The number of methoxy groups -OCH3 is 2. The number of nitrogens with zero attached hydrogens (tertiary/aromatic N) is 1. The maximum Gasteiger partial charge on any atom is 0.335 e. The standard InChI is InChI=1S/C39H48N2O12/c1-7-20-51-38(48)29(42)23-33(43)40-27-13-11-12-26(22-27)30(17-15-25-16-18-31(49-5)32(21-25)50-6)53-37(47)28-14-9-10-19-41(28)36(46)35(45)39(3,4)24-52-34(44)8-2/h7-8,11-13,16,18,21-22,28-30,42H,1-2,9-10,14-15,17,19-20,23-24H2,3-6H3,(H,40,43)/t28-,29?,30?/m0/s1. The van der Waals surface area contributed by atoms with Crippen molar-refractivity contribution >= 4 is 41.2 Å². The number of ether oxygens (including phenoxy) is 5. The molecule has 1 aliphatic heterocycles. The van der Waals surface area contributed by atoms with Gasteiger partial charge < -0.3 is 39.0 Å². The van der Waals surface area contributed by atoms with Crippen molar-refractivity contribution in [2.24, 2.45) is 5.41 Å². The van der Waals surface area contributed by atoms with Gasteiger partial charge in [-0.25, -0.2) is 14.4 Å². The van der Waals surface area contributed by atoms with Crippen LogP contribution >= 0.6 is 0 Å². The van der Waals surface area contributed by atoms with Gasteiger partial charge in [0.25, 0.3) is 5.91 Å². The highest BCUT2D eigenvalue weighted by atomic mass is 16.6. The molecule has 1 saturated heterocycles. The number of hydrogen-bond donors (Lipinski definition) is 2. The lowest BCUT2D eigenvalue weighted by Crippen LogP contribution is -2.53. The number of Topliss-reactive ketones (excluding diaryl/α,β-unsaturated/α-hetero) is 1. The van der Waals surface area contributed by atoms with Crippen molar-refractivity contribution in [1.29, 1.82) is 0 Å². The molecule has 0 spiro atoms. The van der Waals surface area contributed by atoms with Crippen LogP contribution in [0.4, 0.5) is 5.69 Å². The highest BCUT2D eigenvalue weighted by Gasteiger charge is 2.42. The molecule has 2 N–H and O–H groups in total. The number of carbonyl (C=O) groups excluding carboxylic acids is 6. The molecule has 2 amide bonds. The Morgan fingerprint density at radius 2 is 1.74 bits per heavy atom. The highest BCUT2D eigenvalue weighted by molar-refractivity contribution is 6.38. The SMILES string of the molecule is C=CCOC(=O)C(O)CC(=O)Nc1cccc(C(CCc2ccc(OC)c(OC)c2)OC(=O)[C@@H]2CCCCN2C(=O)C(=O)C(C)(C)COC(=O)C=C)c1. The maximum absolute atomic E-state index is 13.9. The second-order valence-corrected chi connectivity index (χ2v) is 13.0. The summed E-state index contributed by atoms with van der Waals surface area (Å²) < 4.78 is 26.7. The Labute approximate surface area is 309 Å². The van der Waals surface area contributed by atoms with Gasteiger partial charge in [-0.15, -0.1) is 0 Å². The van der Waals surface area contributed by atoms with E-state index in [1.807, 2.05) is 6.07 Å². The first-order valence-electron chi connectivity index (χ1n) is 17.2. The van der Waals surface area contributed by atoms with Crippen molar-refractivity contribution in [2.45, 2.75) is 70.6 Å². The number of rotatable bonds is 19. The molecule has 53 heavy (non-hydrogen) atoms. The molecule has 2 aromatic rings. The minimum atomic E-state index is -1.69. The zero-order valence-electron chi connectivity index (χ0n) is 30.6. The molecule has 1 heterocycles. The van der Waals surface area contributed by atoms with Crippen LogP contribution in [0.25, 0.3) is 0 Å². The summed E-state index contributed by atoms with van der Waals surface area (Å²) in [6.07, 6.45) is 1.30. The summed E-state index contributed by atoms with van der Waals surface area (Å²) >= 11 is 0. The van der Waals surface area contributed by atoms with Crippen LogP contribution in [0.1, 0.15) is 63.2 Å². The number of ketones is 1. The fourth-order valence-corrected chi connectivity index (χ4v) is 5.59. The molecule has 286 valence electrons. The van der Waals surface area contributed by atoms with Gasteiger partial charge in [-0.3, -0.25) is 14.4 Å². The number of carbonyl (C=O) groups is 6. The Kier molecular flexibility index (Phi) is 15.8. The van der Waals surface area contributed by atoms with Crippen LogP contribution < -0.4 is 14.8 Å². The first-order chi connectivity index (χ1) is 25.2. The van der Waals surface area contributed by atoms with Crippen LogP contribution in [-0.2, 0) is 49.4 Å². The number of benzene rings is 2. The van der Waals surface area contributed by atoms with Crippen LogP contribution in [0, 0.1) is 5.41 Å². The van der Waals surface area contributed by atoms with Crippen molar-refractivity contribution < 1.29 is 57.6 Å². The van der Waals surface area contributed by atoms with E-state index in [4.69, 9.17) is 23.7 Å². The number of anilines is 1. The van der Waals surface area contributed by atoms with Gasteiger partial charge in [0.2, 0.25) is 11.7 Å². The van der Waals surface area contributed by atoms with E-state index in [1.54, 1.807) is 36.4 Å². The molecular formula is C39H48N2O12. The van der Waals surface area contributed by atoms with Crippen LogP contribution in [0.3, 0.4) is 0 Å². The summed E-state index contributed by atoms with van der Waals surface area (Å²) in [6.45, 7) is 9.41. The molecular weight excluding hydrogens is 688 g/mol. The molecule has 0 bridgehead atoms. The predicted molar refractivity (Wildman–Crippen MR) is 193 cm³/mol. The summed E-state index contributed by atoms with van der Waals surface area (Å²) in [4.78, 5) is 78.3. The lowest BCUT2D eigenvalue weighted by Gasteiger charge is -2.36. The van der Waals surface area contributed by atoms with Gasteiger partial charge >= 0.3 is 17.9 Å². The van der Waals surface area contributed by atoms with Gasteiger partial charge in [0.05, 0.1) is 26.1 Å². The molecule has 1 fully saturated rings. The van der Waals surface area contributed by atoms with Gasteiger partial charge in [-0.2, -0.15) is 0 Å². The van der Waals surface area contributed by atoms with E-state index in [0.29, 0.717) is 42.0 Å². The predicted octanol–water partition coefficient (Wildman–Crippen LogP) is 4.05. The van der Waals surface area contributed by atoms with Gasteiger partial charge in [0, 0.05) is 18.3 Å². The number of aliphatic hydroxyl groups excluding tert-OH is 1. The van der Waals surface area contributed by atoms with E-state index in [2.05, 4.69) is 18.5 Å². The molecule has 0 saturated carbocycles. The largest absolute Gasteiger partial charge is 0.493 e. The number of esters is 3. The van der Waals surface area contributed by atoms with E-state index in [1.165, 1.54) is 39.0 Å². The van der Waals surface area contributed by atoms with E-state index >= 15 is 0 Å². The quantitative estimate of drug-likeness (QED) is 0.0695. The molecule has 0 aromatic heterocycles. The number of hydrogen-bond acceptors (Lipinski definition) is 12. The van der Waals surface area contributed by atoms with Gasteiger partial charge in [-0.1, -0.05) is 37.4 Å². The number of aliphatic hydroxyl groups is 1. The first-order valence-corrected chi connectivity index (χ1v) is 17.2. The van der Waals surface area contributed by atoms with Gasteiger partial charge in [0.15, 0.2) is 17.6 Å². The summed E-state index contributed by atoms with van der Waals surface area (Å²) in [5.41, 5.74) is 0.310. The third-order valence-corrected chi connectivity index (χ3v) is 8.52. The molecule has 0 radical (unpaired) electrons. The molecule has 14 nitrogen and oxygen atoms in total. The monoisotopic (exact) mass is 736 g/mol. The Hall–Kier alpha value is -5.50. The zero-order chi connectivity index (χ0) is 39.1. The second kappa shape index (κ2) is 19.9. The summed E-state index contributed by atoms with van der Waals surface area (Å²) in [7, 11) is 3.05. The van der Waals surface area contributed by atoms with Crippen molar-refractivity contribution in [3.63, 3.8) is 0 Å². The first kappa shape index (κ1) is 41.9. The van der Waals surface area contributed by atoms with Crippen molar-refractivity contribution in [3.8, 4) is 11.5 Å². The summed E-state index contributed by atoms with van der Waals surface area (Å²) in [5.74, 6) is -3.71. The van der Waals surface area contributed by atoms with Crippen molar-refractivity contribution in [3.05, 3.63) is 78.9 Å². The van der Waals surface area contributed by atoms with Crippen LogP contribution in [0.2, 0.25) is 0 Å². The summed E-state index contributed by atoms with van der Waals surface area (Å²) in [5, 5.41) is 12.7. The van der Waals surface area contributed by atoms with Crippen LogP contribution in [0.5, 0.6) is 11.5 Å².